The standard InChI is InChI=1S/C19H26N2O3/c22-17(20-11-5-10-16(20)13-6-1-2-7-13)12-21-18(23)14-8-3-4-9-15(14)19(21)24/h3-4,13-16H,1-2,5-12H2/t14-,15-,16-/m1/s1. The monoisotopic (exact) mass is 330 g/mol. The van der Waals surface area contributed by atoms with E-state index in [-0.39, 0.29) is 36.1 Å². The molecule has 5 heteroatoms. The second kappa shape index (κ2) is 6.34. The van der Waals surface area contributed by atoms with Crippen LogP contribution in [0.4, 0.5) is 0 Å². The number of hydrogen-bond donors (Lipinski definition) is 0. The van der Waals surface area contributed by atoms with E-state index < -0.39 is 0 Å². The molecule has 2 aliphatic carbocycles. The van der Waals surface area contributed by atoms with E-state index in [9.17, 15) is 14.4 Å². The fourth-order valence-corrected chi connectivity index (χ4v) is 5.19. The molecule has 0 bridgehead atoms. The summed E-state index contributed by atoms with van der Waals surface area (Å²) in [6.45, 7) is 0.735. The Hall–Kier alpha value is -1.65. The lowest BCUT2D eigenvalue weighted by Gasteiger charge is -2.30. The molecule has 5 nitrogen and oxygen atoms in total. The fourth-order valence-electron chi connectivity index (χ4n) is 5.19. The number of carbonyl (C=O) groups is 3. The van der Waals surface area contributed by atoms with Gasteiger partial charge in [-0.1, -0.05) is 25.0 Å². The number of imide groups is 1. The average molecular weight is 330 g/mol. The van der Waals surface area contributed by atoms with Gasteiger partial charge in [-0.3, -0.25) is 19.3 Å². The molecule has 4 rings (SSSR count). The lowest BCUT2D eigenvalue weighted by atomic mass is 9.85. The molecule has 0 aromatic carbocycles. The molecule has 0 radical (unpaired) electrons. The summed E-state index contributed by atoms with van der Waals surface area (Å²) in [5.41, 5.74) is 0. The van der Waals surface area contributed by atoms with Gasteiger partial charge >= 0.3 is 0 Å². The molecule has 0 unspecified atom stereocenters. The van der Waals surface area contributed by atoms with E-state index in [4.69, 9.17) is 0 Å². The first kappa shape index (κ1) is 15.9. The Bertz CT molecular complexity index is 553. The minimum absolute atomic E-state index is 0.0299. The van der Waals surface area contributed by atoms with Crippen molar-refractivity contribution < 1.29 is 14.4 Å². The van der Waals surface area contributed by atoms with Gasteiger partial charge in [0.05, 0.1) is 11.8 Å². The third-order valence-electron chi connectivity index (χ3n) is 6.46. The third-order valence-corrected chi connectivity index (χ3v) is 6.46. The van der Waals surface area contributed by atoms with E-state index in [1.807, 2.05) is 17.1 Å². The average Bonchev–Trinajstić information content (AvgIpc) is 3.31. The molecule has 0 spiro atoms. The molecule has 3 amide bonds. The second-order valence-corrected chi connectivity index (χ2v) is 7.76. The predicted octanol–water partition coefficient (Wildman–Crippen LogP) is 2.12. The van der Waals surface area contributed by atoms with Crippen molar-refractivity contribution in [2.75, 3.05) is 13.1 Å². The number of amides is 3. The molecule has 2 saturated heterocycles. The van der Waals surface area contributed by atoms with Crippen LogP contribution in [-0.4, -0.2) is 46.7 Å². The van der Waals surface area contributed by atoms with Crippen molar-refractivity contribution in [2.24, 2.45) is 17.8 Å². The van der Waals surface area contributed by atoms with E-state index in [0.29, 0.717) is 24.8 Å². The summed E-state index contributed by atoms with van der Waals surface area (Å²) < 4.78 is 0. The predicted molar refractivity (Wildman–Crippen MR) is 88.8 cm³/mol. The van der Waals surface area contributed by atoms with Gasteiger partial charge in [-0.2, -0.15) is 0 Å². The minimum Gasteiger partial charge on any atom is -0.338 e. The summed E-state index contributed by atoms with van der Waals surface area (Å²) in [6, 6.07) is 0.330. The Morgan fingerprint density at radius 1 is 0.958 bits per heavy atom. The highest BCUT2D eigenvalue weighted by Gasteiger charge is 2.48. The number of allylic oxidation sites excluding steroid dienone is 2. The number of hydrogen-bond acceptors (Lipinski definition) is 3. The van der Waals surface area contributed by atoms with Crippen LogP contribution in [0, 0.1) is 17.8 Å². The summed E-state index contributed by atoms with van der Waals surface area (Å²) in [7, 11) is 0. The Labute approximate surface area is 143 Å². The van der Waals surface area contributed by atoms with Crippen LogP contribution in [0.3, 0.4) is 0 Å². The Kier molecular flexibility index (Phi) is 4.19. The van der Waals surface area contributed by atoms with E-state index >= 15 is 0 Å². The number of nitrogens with zero attached hydrogens (tertiary/aromatic N) is 2. The van der Waals surface area contributed by atoms with Gasteiger partial charge in [0, 0.05) is 12.6 Å². The van der Waals surface area contributed by atoms with Crippen LogP contribution >= 0.6 is 0 Å². The topological polar surface area (TPSA) is 57.7 Å². The molecule has 4 aliphatic rings. The summed E-state index contributed by atoms with van der Waals surface area (Å²) in [5.74, 6) is -0.163. The van der Waals surface area contributed by atoms with Crippen LogP contribution < -0.4 is 0 Å². The Morgan fingerprint density at radius 3 is 2.21 bits per heavy atom. The highest BCUT2D eigenvalue weighted by molar-refractivity contribution is 6.07. The van der Waals surface area contributed by atoms with Crippen molar-refractivity contribution in [3.05, 3.63) is 12.2 Å². The fraction of sp³-hybridized carbons (Fsp3) is 0.737. The quantitative estimate of drug-likeness (QED) is 0.588. The first-order valence-corrected chi connectivity index (χ1v) is 9.46. The third kappa shape index (κ3) is 2.58. The van der Waals surface area contributed by atoms with E-state index in [1.165, 1.54) is 30.6 Å². The smallest absolute Gasteiger partial charge is 0.243 e. The summed E-state index contributed by atoms with van der Waals surface area (Å²) in [6.07, 6.45) is 12.3. The van der Waals surface area contributed by atoms with E-state index in [1.54, 1.807) is 0 Å². The molecule has 24 heavy (non-hydrogen) atoms. The van der Waals surface area contributed by atoms with Gasteiger partial charge in [0.25, 0.3) is 0 Å². The van der Waals surface area contributed by atoms with Crippen LogP contribution in [0.5, 0.6) is 0 Å². The van der Waals surface area contributed by atoms with Gasteiger partial charge in [0.15, 0.2) is 0 Å². The molecule has 0 N–H and O–H groups in total. The highest BCUT2D eigenvalue weighted by Crippen LogP contribution is 2.37. The maximum Gasteiger partial charge on any atom is 0.243 e. The van der Waals surface area contributed by atoms with Crippen molar-refractivity contribution in [3.63, 3.8) is 0 Å². The maximum absolute atomic E-state index is 12.8. The lowest BCUT2D eigenvalue weighted by molar-refractivity contribution is -0.147. The first-order valence-electron chi connectivity index (χ1n) is 9.46. The normalized spacial score (nSPS) is 33.6. The lowest BCUT2D eigenvalue weighted by Crippen LogP contribution is -2.46. The van der Waals surface area contributed by atoms with Gasteiger partial charge in [-0.25, -0.2) is 0 Å². The van der Waals surface area contributed by atoms with Gasteiger partial charge in [-0.15, -0.1) is 0 Å². The van der Waals surface area contributed by atoms with Crippen LogP contribution in [0.2, 0.25) is 0 Å². The van der Waals surface area contributed by atoms with Crippen LogP contribution in [0.25, 0.3) is 0 Å². The van der Waals surface area contributed by atoms with E-state index in [0.717, 1.165) is 19.4 Å². The second-order valence-electron chi connectivity index (χ2n) is 7.76. The Balaban J connectivity index is 1.44. The molecule has 0 aromatic rings. The zero-order valence-electron chi connectivity index (χ0n) is 14.2. The SMILES string of the molecule is O=C1[C@@H]2CC=CC[C@H]2C(=O)N1CC(=O)N1CCC[C@@H]1C1CCCC1. The molecule has 3 fully saturated rings. The number of rotatable bonds is 3. The zero-order valence-corrected chi connectivity index (χ0v) is 14.2. The zero-order chi connectivity index (χ0) is 16.7. The minimum atomic E-state index is -0.237. The number of carbonyl (C=O) groups excluding carboxylic acids is 3. The van der Waals surface area contributed by atoms with Crippen molar-refractivity contribution in [3.8, 4) is 0 Å². The summed E-state index contributed by atoms with van der Waals surface area (Å²) >= 11 is 0. The van der Waals surface area contributed by atoms with Crippen molar-refractivity contribution in [2.45, 2.75) is 57.4 Å². The van der Waals surface area contributed by atoms with Crippen LogP contribution in [0.15, 0.2) is 12.2 Å². The molecule has 0 aromatic heterocycles. The molecule has 2 heterocycles. The largest absolute Gasteiger partial charge is 0.338 e. The number of likely N-dealkylation sites (tertiary alicyclic amines) is 2. The first-order chi connectivity index (χ1) is 11.7. The van der Waals surface area contributed by atoms with Gasteiger partial charge in [0.1, 0.15) is 6.54 Å². The van der Waals surface area contributed by atoms with Crippen molar-refractivity contribution >= 4 is 17.7 Å². The molecule has 2 aliphatic heterocycles. The van der Waals surface area contributed by atoms with Gasteiger partial charge in [-0.05, 0) is 44.4 Å². The summed E-state index contributed by atoms with van der Waals surface area (Å²) in [4.78, 5) is 41.1. The highest BCUT2D eigenvalue weighted by atomic mass is 16.2. The molecule has 130 valence electrons. The van der Waals surface area contributed by atoms with Crippen LogP contribution in [0.1, 0.15) is 51.4 Å². The maximum atomic E-state index is 12.8. The number of fused-ring (bicyclic) bond motifs is 1. The van der Waals surface area contributed by atoms with Gasteiger partial charge < -0.3 is 4.90 Å². The molecule has 1 saturated carbocycles. The molecular formula is C19H26N2O3. The van der Waals surface area contributed by atoms with Crippen LogP contribution in [-0.2, 0) is 14.4 Å². The van der Waals surface area contributed by atoms with Crippen molar-refractivity contribution in [1.82, 2.24) is 9.80 Å². The summed E-state index contributed by atoms with van der Waals surface area (Å²) in [5, 5.41) is 0. The molecule has 3 atom stereocenters. The Morgan fingerprint density at radius 2 is 1.58 bits per heavy atom. The van der Waals surface area contributed by atoms with Gasteiger partial charge in [0.2, 0.25) is 17.7 Å². The van der Waals surface area contributed by atoms with E-state index in [2.05, 4.69) is 0 Å². The van der Waals surface area contributed by atoms with Crippen molar-refractivity contribution in [1.29, 1.82) is 0 Å². The molecular weight excluding hydrogens is 304 g/mol.